The molecule has 0 unspecified atom stereocenters. The number of carbonyl (C=O) groups is 2. The minimum Gasteiger partial charge on any atom is -0.379 e. The van der Waals surface area contributed by atoms with Crippen molar-refractivity contribution in [1.82, 2.24) is 10.2 Å². The van der Waals surface area contributed by atoms with Crippen LogP contribution in [0.25, 0.3) is 0 Å². The summed E-state index contributed by atoms with van der Waals surface area (Å²) in [7, 11) is 0. The maximum atomic E-state index is 13.4. The molecule has 1 aromatic carbocycles. The SMILES string of the molecule is O=C(NCCN1CCOCC1)C(=O)Nc1ccc(F)cc1F. The van der Waals surface area contributed by atoms with Crippen molar-refractivity contribution >= 4 is 17.5 Å². The molecule has 1 heterocycles. The van der Waals surface area contributed by atoms with E-state index >= 15 is 0 Å². The molecule has 2 amide bonds. The van der Waals surface area contributed by atoms with Crippen molar-refractivity contribution in [3.8, 4) is 0 Å². The highest BCUT2D eigenvalue weighted by atomic mass is 19.1. The van der Waals surface area contributed by atoms with E-state index in [0.29, 0.717) is 32.4 Å². The summed E-state index contributed by atoms with van der Waals surface area (Å²) in [6, 6.07) is 2.69. The van der Waals surface area contributed by atoms with Crippen LogP contribution in [-0.2, 0) is 14.3 Å². The van der Waals surface area contributed by atoms with Gasteiger partial charge in [0, 0.05) is 32.2 Å². The molecule has 8 heteroatoms. The first-order valence-electron chi connectivity index (χ1n) is 6.90. The number of anilines is 1. The number of rotatable bonds is 4. The third-order valence-corrected chi connectivity index (χ3v) is 3.20. The molecule has 1 aliphatic rings. The van der Waals surface area contributed by atoms with Gasteiger partial charge in [0.05, 0.1) is 18.9 Å². The van der Waals surface area contributed by atoms with Crippen LogP contribution in [0.1, 0.15) is 0 Å². The van der Waals surface area contributed by atoms with Gasteiger partial charge in [-0.1, -0.05) is 0 Å². The predicted octanol–water partition coefficient (Wildman–Crippen LogP) is 0.352. The van der Waals surface area contributed by atoms with Crippen LogP contribution in [0.5, 0.6) is 0 Å². The topological polar surface area (TPSA) is 70.7 Å². The summed E-state index contributed by atoms with van der Waals surface area (Å²) in [5.41, 5.74) is -0.241. The van der Waals surface area contributed by atoms with Gasteiger partial charge in [0.1, 0.15) is 11.6 Å². The molecule has 0 spiro atoms. The summed E-state index contributed by atoms with van der Waals surface area (Å²) in [5.74, 6) is -3.55. The van der Waals surface area contributed by atoms with Gasteiger partial charge < -0.3 is 15.4 Å². The van der Waals surface area contributed by atoms with E-state index in [-0.39, 0.29) is 5.69 Å². The molecule has 6 nitrogen and oxygen atoms in total. The number of ether oxygens (including phenoxy) is 1. The van der Waals surface area contributed by atoms with E-state index in [2.05, 4.69) is 15.5 Å². The molecular weight excluding hydrogens is 296 g/mol. The number of morpholine rings is 1. The molecule has 1 fully saturated rings. The molecule has 0 aromatic heterocycles. The number of nitrogens with zero attached hydrogens (tertiary/aromatic N) is 1. The van der Waals surface area contributed by atoms with Crippen LogP contribution in [0.4, 0.5) is 14.5 Å². The van der Waals surface area contributed by atoms with Crippen LogP contribution < -0.4 is 10.6 Å². The number of nitrogens with one attached hydrogen (secondary N) is 2. The second-order valence-electron chi connectivity index (χ2n) is 4.79. The number of hydrogen-bond acceptors (Lipinski definition) is 4. The van der Waals surface area contributed by atoms with Crippen molar-refractivity contribution in [1.29, 1.82) is 0 Å². The molecule has 1 aliphatic heterocycles. The predicted molar refractivity (Wildman–Crippen MR) is 75.3 cm³/mol. The van der Waals surface area contributed by atoms with Gasteiger partial charge in [-0.05, 0) is 12.1 Å². The first kappa shape index (κ1) is 16.3. The number of hydrogen-bond donors (Lipinski definition) is 2. The molecule has 0 aliphatic carbocycles. The monoisotopic (exact) mass is 313 g/mol. The lowest BCUT2D eigenvalue weighted by Crippen LogP contribution is -2.43. The summed E-state index contributed by atoms with van der Waals surface area (Å²) in [5, 5.41) is 4.55. The molecule has 0 saturated carbocycles. The van der Waals surface area contributed by atoms with Crippen molar-refractivity contribution in [2.24, 2.45) is 0 Å². The van der Waals surface area contributed by atoms with Crippen LogP contribution >= 0.6 is 0 Å². The van der Waals surface area contributed by atoms with Gasteiger partial charge in [0.25, 0.3) is 0 Å². The Hall–Kier alpha value is -2.06. The molecular formula is C14H17F2N3O3. The zero-order valence-electron chi connectivity index (χ0n) is 11.9. The quantitative estimate of drug-likeness (QED) is 0.787. The van der Waals surface area contributed by atoms with Crippen molar-refractivity contribution in [2.75, 3.05) is 44.7 Å². The molecule has 22 heavy (non-hydrogen) atoms. The van der Waals surface area contributed by atoms with Gasteiger partial charge in [0.15, 0.2) is 0 Å². The summed E-state index contributed by atoms with van der Waals surface area (Å²) in [4.78, 5) is 25.3. The maximum absolute atomic E-state index is 13.4. The smallest absolute Gasteiger partial charge is 0.313 e. The lowest BCUT2D eigenvalue weighted by atomic mass is 10.3. The number of halogens is 2. The number of benzene rings is 1. The fraction of sp³-hybridized carbons (Fsp3) is 0.429. The average molecular weight is 313 g/mol. The van der Waals surface area contributed by atoms with E-state index in [1.165, 1.54) is 0 Å². The molecule has 2 N–H and O–H groups in total. The third kappa shape index (κ3) is 4.74. The minimum absolute atomic E-state index is 0.241. The Labute approximate surface area is 126 Å². The Kier molecular flexibility index (Phi) is 5.79. The van der Waals surface area contributed by atoms with Gasteiger partial charge in [-0.3, -0.25) is 14.5 Å². The van der Waals surface area contributed by atoms with Crippen LogP contribution in [-0.4, -0.2) is 56.1 Å². The van der Waals surface area contributed by atoms with Crippen LogP contribution in [0, 0.1) is 11.6 Å². The van der Waals surface area contributed by atoms with Gasteiger partial charge >= 0.3 is 11.8 Å². The van der Waals surface area contributed by atoms with Crippen molar-refractivity contribution in [2.45, 2.75) is 0 Å². The first-order valence-corrected chi connectivity index (χ1v) is 6.90. The van der Waals surface area contributed by atoms with Crippen LogP contribution in [0.3, 0.4) is 0 Å². The lowest BCUT2D eigenvalue weighted by molar-refractivity contribution is -0.136. The Morgan fingerprint density at radius 3 is 2.59 bits per heavy atom. The fourth-order valence-corrected chi connectivity index (χ4v) is 2.00. The molecule has 1 aromatic rings. The van der Waals surface area contributed by atoms with Crippen molar-refractivity contribution < 1.29 is 23.1 Å². The molecule has 0 radical (unpaired) electrons. The van der Waals surface area contributed by atoms with Gasteiger partial charge in [0.2, 0.25) is 0 Å². The van der Waals surface area contributed by atoms with Crippen LogP contribution in [0.2, 0.25) is 0 Å². The van der Waals surface area contributed by atoms with Crippen molar-refractivity contribution in [3.05, 3.63) is 29.8 Å². The maximum Gasteiger partial charge on any atom is 0.313 e. The summed E-state index contributed by atoms with van der Waals surface area (Å²) < 4.78 is 31.3. The van der Waals surface area contributed by atoms with E-state index in [9.17, 15) is 18.4 Å². The highest BCUT2D eigenvalue weighted by Gasteiger charge is 2.16. The first-order chi connectivity index (χ1) is 10.6. The third-order valence-electron chi connectivity index (χ3n) is 3.20. The second kappa shape index (κ2) is 7.81. The molecule has 0 atom stereocenters. The number of carbonyl (C=O) groups excluding carboxylic acids is 2. The molecule has 0 bridgehead atoms. The second-order valence-corrected chi connectivity index (χ2v) is 4.79. The lowest BCUT2D eigenvalue weighted by Gasteiger charge is -2.26. The zero-order valence-corrected chi connectivity index (χ0v) is 11.9. The minimum atomic E-state index is -0.993. The number of amides is 2. The van der Waals surface area contributed by atoms with Crippen LogP contribution in [0.15, 0.2) is 18.2 Å². The van der Waals surface area contributed by atoms with Gasteiger partial charge in [-0.15, -0.1) is 0 Å². The summed E-state index contributed by atoms with van der Waals surface area (Å²) in [6.45, 7) is 3.77. The summed E-state index contributed by atoms with van der Waals surface area (Å²) in [6.07, 6.45) is 0. The zero-order chi connectivity index (χ0) is 15.9. The normalized spacial score (nSPS) is 15.4. The highest BCUT2D eigenvalue weighted by Crippen LogP contribution is 2.14. The van der Waals surface area contributed by atoms with Gasteiger partial charge in [-0.2, -0.15) is 0 Å². The average Bonchev–Trinajstić information content (AvgIpc) is 2.51. The standard InChI is InChI=1S/C14H17F2N3O3/c15-10-1-2-12(11(16)9-10)18-14(21)13(20)17-3-4-19-5-7-22-8-6-19/h1-2,9H,3-8H2,(H,17,20)(H,18,21). The van der Waals surface area contributed by atoms with Crippen molar-refractivity contribution in [3.63, 3.8) is 0 Å². The summed E-state index contributed by atoms with van der Waals surface area (Å²) >= 11 is 0. The Bertz CT molecular complexity index is 548. The Balaban J connectivity index is 1.75. The van der Waals surface area contributed by atoms with E-state index in [0.717, 1.165) is 25.2 Å². The Morgan fingerprint density at radius 1 is 1.18 bits per heavy atom. The Morgan fingerprint density at radius 2 is 1.91 bits per heavy atom. The van der Waals surface area contributed by atoms with E-state index in [1.54, 1.807) is 0 Å². The molecule has 2 rings (SSSR count). The molecule has 120 valence electrons. The largest absolute Gasteiger partial charge is 0.379 e. The van der Waals surface area contributed by atoms with E-state index in [4.69, 9.17) is 4.74 Å². The fourth-order valence-electron chi connectivity index (χ4n) is 2.00. The van der Waals surface area contributed by atoms with Gasteiger partial charge in [-0.25, -0.2) is 8.78 Å². The van der Waals surface area contributed by atoms with E-state index < -0.39 is 23.4 Å². The van der Waals surface area contributed by atoms with E-state index in [1.807, 2.05) is 0 Å². The highest BCUT2D eigenvalue weighted by molar-refractivity contribution is 6.39. The molecule has 1 saturated heterocycles.